The number of nitrogens with one attached hydrogen (secondary N) is 1. The maximum Gasteiger partial charge on any atom is 0.161 e. The summed E-state index contributed by atoms with van der Waals surface area (Å²) in [5, 5.41) is 3.37. The molecule has 0 saturated carbocycles. The van der Waals surface area contributed by atoms with E-state index in [9.17, 15) is 0 Å². The van der Waals surface area contributed by atoms with E-state index in [0.717, 1.165) is 31.0 Å². The molecule has 0 saturated heterocycles. The smallest absolute Gasteiger partial charge is 0.161 e. The molecule has 0 aliphatic rings. The molecule has 0 spiro atoms. The predicted molar refractivity (Wildman–Crippen MR) is 86.2 cm³/mol. The first-order valence-corrected chi connectivity index (χ1v) is 7.60. The number of ether oxygens (including phenoxy) is 3. The lowest BCUT2D eigenvalue weighted by molar-refractivity contribution is -0.0165. The summed E-state index contributed by atoms with van der Waals surface area (Å²) in [6, 6.07) is 6.03. The van der Waals surface area contributed by atoms with Gasteiger partial charge in [0.15, 0.2) is 11.5 Å². The molecule has 0 unspecified atom stereocenters. The molecule has 0 radical (unpaired) electrons. The first-order valence-electron chi connectivity index (χ1n) is 7.60. The minimum atomic E-state index is -0.137. The first-order chi connectivity index (χ1) is 9.96. The van der Waals surface area contributed by atoms with E-state index < -0.39 is 0 Å². The third-order valence-corrected chi connectivity index (χ3v) is 2.86. The lowest BCUT2D eigenvalue weighted by Crippen LogP contribution is -2.22. The number of benzene rings is 1. The number of hydrogen-bond donors (Lipinski definition) is 1. The van der Waals surface area contributed by atoms with Crippen LogP contribution in [0.15, 0.2) is 18.2 Å². The van der Waals surface area contributed by atoms with Gasteiger partial charge < -0.3 is 19.5 Å². The van der Waals surface area contributed by atoms with E-state index in [-0.39, 0.29) is 5.60 Å². The van der Waals surface area contributed by atoms with Crippen molar-refractivity contribution in [1.82, 2.24) is 5.32 Å². The molecular weight excluding hydrogens is 266 g/mol. The summed E-state index contributed by atoms with van der Waals surface area (Å²) in [4.78, 5) is 0. The van der Waals surface area contributed by atoms with Gasteiger partial charge in [-0.2, -0.15) is 0 Å². The van der Waals surface area contributed by atoms with Crippen molar-refractivity contribution in [3.8, 4) is 11.5 Å². The molecule has 1 N–H and O–H groups in total. The molecule has 0 heterocycles. The lowest BCUT2D eigenvalue weighted by Gasteiger charge is -2.20. The highest BCUT2D eigenvalue weighted by Crippen LogP contribution is 2.28. The molecule has 1 rings (SSSR count). The summed E-state index contributed by atoms with van der Waals surface area (Å²) < 4.78 is 16.8. The van der Waals surface area contributed by atoms with Crippen molar-refractivity contribution >= 4 is 0 Å². The fourth-order valence-electron chi connectivity index (χ4n) is 1.85. The van der Waals surface area contributed by atoms with E-state index in [1.54, 1.807) is 7.11 Å². The third-order valence-electron chi connectivity index (χ3n) is 2.86. The van der Waals surface area contributed by atoms with Crippen molar-refractivity contribution in [3.05, 3.63) is 23.8 Å². The highest BCUT2D eigenvalue weighted by molar-refractivity contribution is 5.42. The highest BCUT2D eigenvalue weighted by Gasteiger charge is 2.10. The Hall–Kier alpha value is -1.26. The number of methoxy groups -OCH3 is 1. The second-order valence-electron chi connectivity index (χ2n) is 5.97. The average molecular weight is 295 g/mol. The van der Waals surface area contributed by atoms with Crippen molar-refractivity contribution in [2.75, 3.05) is 26.9 Å². The Morgan fingerprint density at radius 3 is 2.48 bits per heavy atom. The number of hydrogen-bond acceptors (Lipinski definition) is 4. The molecule has 1 aromatic rings. The molecule has 4 nitrogen and oxygen atoms in total. The normalized spacial score (nSPS) is 11.5. The predicted octanol–water partition coefficient (Wildman–Crippen LogP) is 3.39. The molecule has 0 aliphatic heterocycles. The van der Waals surface area contributed by atoms with Gasteiger partial charge in [-0.05, 0) is 51.4 Å². The zero-order valence-electron chi connectivity index (χ0n) is 14.0. The van der Waals surface area contributed by atoms with E-state index in [4.69, 9.17) is 14.2 Å². The lowest BCUT2D eigenvalue weighted by atomic mass is 10.2. The van der Waals surface area contributed by atoms with Gasteiger partial charge >= 0.3 is 0 Å². The minimum Gasteiger partial charge on any atom is -0.493 e. The molecule has 0 amide bonds. The van der Waals surface area contributed by atoms with E-state index in [1.165, 1.54) is 5.56 Å². The van der Waals surface area contributed by atoms with Crippen LogP contribution in [0, 0.1) is 0 Å². The molecule has 0 aliphatic carbocycles. The molecule has 0 atom stereocenters. The van der Waals surface area contributed by atoms with E-state index in [0.29, 0.717) is 13.2 Å². The Labute approximate surface area is 128 Å². The summed E-state index contributed by atoms with van der Waals surface area (Å²) in [6.07, 6.45) is 1.13. The summed E-state index contributed by atoms with van der Waals surface area (Å²) >= 11 is 0. The van der Waals surface area contributed by atoms with Gasteiger partial charge in [0.25, 0.3) is 0 Å². The molecule has 0 aromatic heterocycles. The van der Waals surface area contributed by atoms with Gasteiger partial charge in [0.2, 0.25) is 0 Å². The van der Waals surface area contributed by atoms with Crippen molar-refractivity contribution in [3.63, 3.8) is 0 Å². The fraction of sp³-hybridized carbons (Fsp3) is 0.647. The Bertz CT molecular complexity index is 413. The van der Waals surface area contributed by atoms with Crippen LogP contribution in [0.1, 0.15) is 39.7 Å². The van der Waals surface area contributed by atoms with Crippen LogP contribution >= 0.6 is 0 Å². The van der Waals surface area contributed by atoms with Gasteiger partial charge in [0.1, 0.15) is 6.61 Å². The monoisotopic (exact) mass is 295 g/mol. The highest BCUT2D eigenvalue weighted by atomic mass is 16.5. The Balaban J connectivity index is 2.50. The molecular formula is C17H29NO3. The van der Waals surface area contributed by atoms with Crippen LogP contribution in [0.3, 0.4) is 0 Å². The maximum atomic E-state index is 5.73. The Kier molecular flexibility index (Phi) is 7.54. The summed E-state index contributed by atoms with van der Waals surface area (Å²) in [7, 11) is 1.66. The van der Waals surface area contributed by atoms with Crippen LogP contribution in [0.4, 0.5) is 0 Å². The Morgan fingerprint density at radius 2 is 1.86 bits per heavy atom. The van der Waals surface area contributed by atoms with Crippen LogP contribution in [0.25, 0.3) is 0 Å². The fourth-order valence-corrected chi connectivity index (χ4v) is 1.85. The van der Waals surface area contributed by atoms with Crippen LogP contribution < -0.4 is 14.8 Å². The standard InChI is InChI=1S/C17H29NO3/c1-6-9-18-13-14-7-8-15(16(12-14)19-5)20-10-11-21-17(2,3)4/h7-8,12,18H,6,9-11,13H2,1-5H3. The Morgan fingerprint density at radius 1 is 1.10 bits per heavy atom. The zero-order valence-corrected chi connectivity index (χ0v) is 14.0. The third kappa shape index (κ3) is 7.34. The molecule has 0 bridgehead atoms. The zero-order chi connectivity index (χ0) is 15.7. The van der Waals surface area contributed by atoms with Gasteiger partial charge in [0, 0.05) is 6.54 Å². The topological polar surface area (TPSA) is 39.7 Å². The van der Waals surface area contributed by atoms with Gasteiger partial charge in [-0.3, -0.25) is 0 Å². The quantitative estimate of drug-likeness (QED) is 0.709. The van der Waals surface area contributed by atoms with Crippen molar-refractivity contribution < 1.29 is 14.2 Å². The van der Waals surface area contributed by atoms with Crippen LogP contribution in [-0.4, -0.2) is 32.5 Å². The first kappa shape index (κ1) is 17.8. The van der Waals surface area contributed by atoms with E-state index >= 15 is 0 Å². The second-order valence-corrected chi connectivity index (χ2v) is 5.97. The minimum absolute atomic E-state index is 0.137. The molecule has 0 fully saturated rings. The SMILES string of the molecule is CCCNCc1ccc(OCCOC(C)(C)C)c(OC)c1. The van der Waals surface area contributed by atoms with Gasteiger partial charge in [-0.25, -0.2) is 0 Å². The summed E-state index contributed by atoms with van der Waals surface area (Å²) in [5.41, 5.74) is 1.06. The van der Waals surface area contributed by atoms with Crippen LogP contribution in [0.2, 0.25) is 0 Å². The molecule has 4 heteroatoms. The molecule has 21 heavy (non-hydrogen) atoms. The van der Waals surface area contributed by atoms with Crippen LogP contribution in [-0.2, 0) is 11.3 Å². The van der Waals surface area contributed by atoms with Crippen molar-refractivity contribution in [2.24, 2.45) is 0 Å². The van der Waals surface area contributed by atoms with Crippen LogP contribution in [0.5, 0.6) is 11.5 Å². The van der Waals surface area contributed by atoms with Gasteiger partial charge in [-0.1, -0.05) is 13.0 Å². The van der Waals surface area contributed by atoms with Gasteiger partial charge in [-0.15, -0.1) is 0 Å². The van der Waals surface area contributed by atoms with Gasteiger partial charge in [0.05, 0.1) is 19.3 Å². The summed E-state index contributed by atoms with van der Waals surface area (Å²) in [6.45, 7) is 11.2. The van der Waals surface area contributed by atoms with Crippen molar-refractivity contribution in [2.45, 2.75) is 46.3 Å². The van der Waals surface area contributed by atoms with E-state index in [1.807, 2.05) is 32.9 Å². The maximum absolute atomic E-state index is 5.73. The van der Waals surface area contributed by atoms with Crippen molar-refractivity contribution in [1.29, 1.82) is 0 Å². The summed E-state index contributed by atoms with van der Waals surface area (Å²) in [5.74, 6) is 1.52. The molecule has 1 aromatic carbocycles. The molecule has 120 valence electrons. The second kappa shape index (κ2) is 8.90. The van der Waals surface area contributed by atoms with E-state index in [2.05, 4.69) is 18.3 Å². The number of rotatable bonds is 9. The largest absolute Gasteiger partial charge is 0.493 e. The average Bonchev–Trinajstić information content (AvgIpc) is 2.43.